The second-order valence-electron chi connectivity index (χ2n) is 3.17. The summed E-state index contributed by atoms with van der Waals surface area (Å²) in [5.74, 6) is 1.13. The second-order valence-corrected chi connectivity index (χ2v) is 4.03. The summed E-state index contributed by atoms with van der Waals surface area (Å²) in [6.45, 7) is 0.896. The molecule has 1 aliphatic rings. The number of benzene rings is 1. The Morgan fingerprint density at radius 1 is 1.54 bits per heavy atom. The third kappa shape index (κ3) is 1.58. The first-order valence-corrected chi connectivity index (χ1v) is 5.14. The van der Waals surface area contributed by atoms with Crippen LogP contribution in [0, 0.1) is 0 Å². The van der Waals surface area contributed by atoms with Crippen molar-refractivity contribution in [3.63, 3.8) is 0 Å². The van der Waals surface area contributed by atoms with Crippen molar-refractivity contribution < 1.29 is 9.84 Å². The fourth-order valence-electron chi connectivity index (χ4n) is 1.65. The van der Waals surface area contributed by atoms with Gasteiger partial charge in [-0.2, -0.15) is 0 Å². The van der Waals surface area contributed by atoms with E-state index in [2.05, 4.69) is 15.9 Å². The zero-order valence-corrected chi connectivity index (χ0v) is 8.75. The van der Waals surface area contributed by atoms with Crippen LogP contribution in [0.2, 0.25) is 0 Å². The molecule has 0 spiro atoms. The van der Waals surface area contributed by atoms with Crippen LogP contribution in [0.25, 0.3) is 0 Å². The molecule has 1 aromatic rings. The fraction of sp³-hybridized carbons (Fsp3) is 0.400. The molecule has 1 N–H and O–H groups in total. The molecular formula is C10H11BrO2. The number of hydrogen-bond donors (Lipinski definition) is 1. The molecule has 1 aromatic carbocycles. The molecule has 2 nitrogen and oxygen atoms in total. The molecule has 13 heavy (non-hydrogen) atoms. The third-order valence-corrected chi connectivity index (χ3v) is 2.99. The van der Waals surface area contributed by atoms with Crippen molar-refractivity contribution >= 4 is 15.9 Å². The van der Waals surface area contributed by atoms with Crippen molar-refractivity contribution in [2.75, 3.05) is 13.2 Å². The van der Waals surface area contributed by atoms with Gasteiger partial charge >= 0.3 is 0 Å². The molecular weight excluding hydrogens is 232 g/mol. The first-order valence-electron chi connectivity index (χ1n) is 4.35. The Kier molecular flexibility index (Phi) is 2.56. The van der Waals surface area contributed by atoms with Gasteiger partial charge in [-0.25, -0.2) is 0 Å². The van der Waals surface area contributed by atoms with Crippen molar-refractivity contribution in [1.29, 1.82) is 0 Å². The standard InChI is InChI=1S/C10H11BrO2/c11-9-3-1-2-8-7(6-12)4-5-13-10(8)9/h1-3,7,12H,4-6H2. The number of ether oxygens (including phenoxy) is 1. The number of aliphatic hydroxyl groups excluding tert-OH is 1. The Labute approximate surface area is 85.7 Å². The van der Waals surface area contributed by atoms with Gasteiger partial charge in [-0.05, 0) is 28.4 Å². The molecule has 0 fully saturated rings. The molecule has 0 aliphatic carbocycles. The maximum Gasteiger partial charge on any atom is 0.137 e. The van der Waals surface area contributed by atoms with Crippen LogP contribution in [0.3, 0.4) is 0 Å². The van der Waals surface area contributed by atoms with Gasteiger partial charge < -0.3 is 9.84 Å². The summed E-state index contributed by atoms with van der Waals surface area (Å²) in [5, 5.41) is 9.16. The van der Waals surface area contributed by atoms with E-state index < -0.39 is 0 Å². The quantitative estimate of drug-likeness (QED) is 0.820. The van der Waals surface area contributed by atoms with E-state index in [0.29, 0.717) is 6.61 Å². The molecule has 2 rings (SSSR count). The van der Waals surface area contributed by atoms with Gasteiger partial charge in [0.25, 0.3) is 0 Å². The van der Waals surface area contributed by atoms with E-state index in [1.165, 1.54) is 0 Å². The first-order chi connectivity index (χ1) is 6.33. The smallest absolute Gasteiger partial charge is 0.137 e. The molecule has 1 atom stereocenters. The normalized spacial score (nSPS) is 20.6. The summed E-state index contributed by atoms with van der Waals surface area (Å²) < 4.78 is 6.50. The van der Waals surface area contributed by atoms with Crippen LogP contribution in [0.1, 0.15) is 17.9 Å². The number of fused-ring (bicyclic) bond motifs is 1. The Morgan fingerprint density at radius 2 is 2.38 bits per heavy atom. The van der Waals surface area contributed by atoms with E-state index in [9.17, 15) is 0 Å². The van der Waals surface area contributed by atoms with E-state index in [-0.39, 0.29) is 12.5 Å². The molecule has 0 saturated carbocycles. The third-order valence-electron chi connectivity index (χ3n) is 2.37. The van der Waals surface area contributed by atoms with Crippen LogP contribution in [-0.2, 0) is 0 Å². The van der Waals surface area contributed by atoms with Crippen molar-refractivity contribution in [2.24, 2.45) is 0 Å². The topological polar surface area (TPSA) is 29.5 Å². The first kappa shape index (κ1) is 9.03. The van der Waals surface area contributed by atoms with Crippen LogP contribution in [0.5, 0.6) is 5.75 Å². The molecule has 1 unspecified atom stereocenters. The van der Waals surface area contributed by atoms with Gasteiger partial charge in [0.2, 0.25) is 0 Å². The lowest BCUT2D eigenvalue weighted by atomic mass is 9.94. The predicted octanol–water partition coefficient (Wildman–Crippen LogP) is 2.31. The maximum atomic E-state index is 9.16. The minimum absolute atomic E-state index is 0.201. The van der Waals surface area contributed by atoms with E-state index in [1.807, 2.05) is 18.2 Å². The second kappa shape index (κ2) is 3.68. The molecule has 0 saturated heterocycles. The van der Waals surface area contributed by atoms with Crippen molar-refractivity contribution in [3.05, 3.63) is 28.2 Å². The minimum Gasteiger partial charge on any atom is -0.492 e. The highest BCUT2D eigenvalue weighted by Crippen LogP contribution is 2.38. The molecule has 1 heterocycles. The Balaban J connectivity index is 2.45. The fourth-order valence-corrected chi connectivity index (χ4v) is 2.14. The highest BCUT2D eigenvalue weighted by Gasteiger charge is 2.21. The lowest BCUT2D eigenvalue weighted by Gasteiger charge is -2.25. The van der Waals surface area contributed by atoms with E-state index in [4.69, 9.17) is 9.84 Å². The summed E-state index contributed by atoms with van der Waals surface area (Å²) >= 11 is 3.43. The highest BCUT2D eigenvalue weighted by molar-refractivity contribution is 9.10. The van der Waals surface area contributed by atoms with E-state index in [0.717, 1.165) is 22.2 Å². The van der Waals surface area contributed by atoms with Gasteiger partial charge in [0.15, 0.2) is 0 Å². The molecule has 0 radical (unpaired) electrons. The largest absolute Gasteiger partial charge is 0.492 e. The Hall–Kier alpha value is -0.540. The van der Waals surface area contributed by atoms with Crippen LogP contribution in [0.4, 0.5) is 0 Å². The number of rotatable bonds is 1. The number of aliphatic hydroxyl groups is 1. The highest BCUT2D eigenvalue weighted by atomic mass is 79.9. The van der Waals surface area contributed by atoms with Crippen LogP contribution >= 0.6 is 15.9 Å². The number of hydrogen-bond acceptors (Lipinski definition) is 2. The van der Waals surface area contributed by atoms with Crippen LogP contribution in [-0.4, -0.2) is 18.3 Å². The van der Waals surface area contributed by atoms with Gasteiger partial charge in [0.05, 0.1) is 17.7 Å². The zero-order valence-electron chi connectivity index (χ0n) is 7.16. The summed E-state index contributed by atoms with van der Waals surface area (Å²) in [4.78, 5) is 0. The van der Waals surface area contributed by atoms with Gasteiger partial charge in [0.1, 0.15) is 5.75 Å². The van der Waals surface area contributed by atoms with Crippen molar-refractivity contribution in [2.45, 2.75) is 12.3 Å². The van der Waals surface area contributed by atoms with E-state index in [1.54, 1.807) is 0 Å². The molecule has 70 valence electrons. The van der Waals surface area contributed by atoms with Crippen LogP contribution in [0.15, 0.2) is 22.7 Å². The van der Waals surface area contributed by atoms with Crippen molar-refractivity contribution in [1.82, 2.24) is 0 Å². The Morgan fingerprint density at radius 3 is 3.15 bits per heavy atom. The average Bonchev–Trinajstić information content (AvgIpc) is 2.18. The minimum atomic E-state index is 0.201. The lowest BCUT2D eigenvalue weighted by molar-refractivity contribution is 0.204. The van der Waals surface area contributed by atoms with Gasteiger partial charge in [-0.3, -0.25) is 0 Å². The molecule has 0 aromatic heterocycles. The Bertz CT molecular complexity index is 312. The summed E-state index contributed by atoms with van der Waals surface area (Å²) in [6.07, 6.45) is 0.903. The monoisotopic (exact) mass is 242 g/mol. The summed E-state index contributed by atoms with van der Waals surface area (Å²) in [7, 11) is 0. The predicted molar refractivity (Wildman–Crippen MR) is 54.1 cm³/mol. The maximum absolute atomic E-state index is 9.16. The summed E-state index contributed by atoms with van der Waals surface area (Å²) in [5.41, 5.74) is 1.11. The SMILES string of the molecule is OCC1CCOc2c(Br)cccc21. The number of para-hydroxylation sites is 1. The lowest BCUT2D eigenvalue weighted by Crippen LogP contribution is -2.17. The molecule has 0 amide bonds. The summed E-state index contributed by atoms with van der Waals surface area (Å²) in [6, 6.07) is 5.94. The molecule has 0 bridgehead atoms. The van der Waals surface area contributed by atoms with Gasteiger partial charge in [-0.15, -0.1) is 0 Å². The number of halogens is 1. The van der Waals surface area contributed by atoms with Gasteiger partial charge in [-0.1, -0.05) is 12.1 Å². The average molecular weight is 243 g/mol. The zero-order chi connectivity index (χ0) is 9.26. The van der Waals surface area contributed by atoms with Crippen LogP contribution < -0.4 is 4.74 Å². The molecule has 1 aliphatic heterocycles. The van der Waals surface area contributed by atoms with E-state index >= 15 is 0 Å². The van der Waals surface area contributed by atoms with Crippen molar-refractivity contribution in [3.8, 4) is 5.75 Å². The molecule has 3 heteroatoms. The van der Waals surface area contributed by atoms with Gasteiger partial charge in [0, 0.05) is 11.5 Å².